The molecular formula is C13H15FN2O3. The fourth-order valence-corrected chi connectivity index (χ4v) is 1.91. The third-order valence-electron chi connectivity index (χ3n) is 2.98. The Morgan fingerprint density at radius 2 is 2.32 bits per heavy atom. The molecule has 0 atom stereocenters. The fraction of sp³-hybridized carbons (Fsp3) is 0.385. The molecule has 0 saturated heterocycles. The van der Waals surface area contributed by atoms with E-state index in [4.69, 9.17) is 4.74 Å². The van der Waals surface area contributed by atoms with Crippen molar-refractivity contribution < 1.29 is 14.1 Å². The first kappa shape index (κ1) is 13.5. The predicted molar refractivity (Wildman–Crippen MR) is 69.7 cm³/mol. The van der Waals surface area contributed by atoms with E-state index in [0.29, 0.717) is 18.8 Å². The minimum Gasteiger partial charge on any atom is -0.382 e. The number of benzene rings is 1. The summed E-state index contributed by atoms with van der Waals surface area (Å²) in [7, 11) is 0. The fourth-order valence-electron chi connectivity index (χ4n) is 1.91. The molecule has 6 heteroatoms. The summed E-state index contributed by atoms with van der Waals surface area (Å²) < 4.78 is 18.8. The van der Waals surface area contributed by atoms with E-state index < -0.39 is 10.7 Å². The molecule has 0 aliphatic carbocycles. The highest BCUT2D eigenvalue weighted by Crippen LogP contribution is 2.21. The van der Waals surface area contributed by atoms with Gasteiger partial charge >= 0.3 is 0 Å². The number of rotatable bonds is 5. The Morgan fingerprint density at radius 3 is 2.95 bits per heavy atom. The molecule has 0 spiro atoms. The lowest BCUT2D eigenvalue weighted by molar-refractivity contribution is -0.385. The van der Waals surface area contributed by atoms with Crippen LogP contribution in [0.4, 0.5) is 15.8 Å². The van der Waals surface area contributed by atoms with Crippen molar-refractivity contribution in [3.63, 3.8) is 0 Å². The average molecular weight is 266 g/mol. The van der Waals surface area contributed by atoms with Crippen LogP contribution in [0.3, 0.4) is 0 Å². The van der Waals surface area contributed by atoms with Crippen LogP contribution in [0.25, 0.3) is 0 Å². The van der Waals surface area contributed by atoms with Gasteiger partial charge in [0.1, 0.15) is 0 Å². The Balaban J connectivity index is 1.89. The second kappa shape index (κ2) is 6.29. The molecule has 0 amide bonds. The van der Waals surface area contributed by atoms with Crippen LogP contribution in [0.15, 0.2) is 29.8 Å². The van der Waals surface area contributed by atoms with Crippen molar-refractivity contribution in [3.05, 3.63) is 45.8 Å². The van der Waals surface area contributed by atoms with Gasteiger partial charge < -0.3 is 10.1 Å². The molecule has 0 unspecified atom stereocenters. The molecule has 2 rings (SSSR count). The van der Waals surface area contributed by atoms with Crippen molar-refractivity contribution in [2.24, 2.45) is 0 Å². The predicted octanol–water partition coefficient (Wildman–Crippen LogP) is 2.88. The molecule has 1 aromatic rings. The molecule has 1 N–H and O–H groups in total. The quantitative estimate of drug-likeness (QED) is 0.505. The second-order valence-corrected chi connectivity index (χ2v) is 4.29. The molecule has 0 saturated carbocycles. The molecule has 0 bridgehead atoms. The van der Waals surface area contributed by atoms with E-state index in [1.165, 1.54) is 17.7 Å². The van der Waals surface area contributed by atoms with Crippen LogP contribution in [-0.4, -0.2) is 24.7 Å². The first-order valence-electron chi connectivity index (χ1n) is 6.10. The van der Waals surface area contributed by atoms with Gasteiger partial charge in [0.15, 0.2) is 5.82 Å². The lowest BCUT2D eigenvalue weighted by Crippen LogP contribution is -2.09. The Bertz CT molecular complexity index is 503. The Kier molecular flexibility index (Phi) is 4.46. The summed E-state index contributed by atoms with van der Waals surface area (Å²) in [4.78, 5) is 9.87. The minimum atomic E-state index is -0.611. The van der Waals surface area contributed by atoms with E-state index in [2.05, 4.69) is 5.32 Å². The first-order chi connectivity index (χ1) is 9.16. The number of nitro groups is 1. The van der Waals surface area contributed by atoms with Crippen LogP contribution in [0.5, 0.6) is 0 Å². The van der Waals surface area contributed by atoms with Gasteiger partial charge in [-0.25, -0.2) is 4.39 Å². The largest absolute Gasteiger partial charge is 0.382 e. The van der Waals surface area contributed by atoms with E-state index >= 15 is 0 Å². The zero-order valence-electron chi connectivity index (χ0n) is 10.4. The average Bonchev–Trinajstić information content (AvgIpc) is 2.41. The molecule has 5 nitrogen and oxygen atoms in total. The van der Waals surface area contributed by atoms with Crippen LogP contribution in [0, 0.1) is 15.9 Å². The molecule has 1 aromatic carbocycles. The van der Waals surface area contributed by atoms with E-state index in [9.17, 15) is 14.5 Å². The maximum atomic E-state index is 13.6. The van der Waals surface area contributed by atoms with Gasteiger partial charge in [0.05, 0.1) is 29.9 Å². The summed E-state index contributed by atoms with van der Waals surface area (Å²) in [5.41, 5.74) is 1.34. The molecule has 1 heterocycles. The van der Waals surface area contributed by atoms with Gasteiger partial charge in [0.25, 0.3) is 5.69 Å². The summed E-state index contributed by atoms with van der Waals surface area (Å²) in [6.07, 6.45) is 3.77. The van der Waals surface area contributed by atoms with Crippen LogP contribution < -0.4 is 5.32 Å². The van der Waals surface area contributed by atoms with E-state index in [-0.39, 0.29) is 5.69 Å². The number of hydrogen-bond acceptors (Lipinski definition) is 4. The van der Waals surface area contributed by atoms with Crippen molar-refractivity contribution >= 4 is 11.4 Å². The molecule has 0 fully saturated rings. The zero-order valence-corrected chi connectivity index (χ0v) is 10.4. The topological polar surface area (TPSA) is 64.4 Å². The molecule has 0 radical (unpaired) electrons. The summed E-state index contributed by atoms with van der Waals surface area (Å²) in [6.45, 7) is 1.97. The number of nitrogens with zero attached hydrogens (tertiary/aromatic N) is 1. The van der Waals surface area contributed by atoms with Crippen LogP contribution >= 0.6 is 0 Å². The zero-order chi connectivity index (χ0) is 13.7. The van der Waals surface area contributed by atoms with E-state index in [0.717, 1.165) is 25.5 Å². The Morgan fingerprint density at radius 1 is 1.47 bits per heavy atom. The lowest BCUT2D eigenvalue weighted by Gasteiger charge is -2.14. The lowest BCUT2D eigenvalue weighted by atomic mass is 10.1. The molecule has 102 valence electrons. The Hall–Kier alpha value is -1.95. The molecule has 19 heavy (non-hydrogen) atoms. The van der Waals surface area contributed by atoms with Gasteiger partial charge in [-0.2, -0.15) is 0 Å². The van der Waals surface area contributed by atoms with E-state index in [1.54, 1.807) is 0 Å². The number of hydrogen-bond donors (Lipinski definition) is 1. The van der Waals surface area contributed by atoms with Crippen LogP contribution in [0.1, 0.15) is 12.8 Å². The molecule has 1 aliphatic rings. The third-order valence-corrected chi connectivity index (χ3v) is 2.98. The maximum Gasteiger partial charge on any atom is 0.272 e. The number of anilines is 1. The summed E-state index contributed by atoms with van der Waals surface area (Å²) >= 11 is 0. The highest BCUT2D eigenvalue weighted by Gasteiger charge is 2.10. The molecular weight excluding hydrogens is 251 g/mol. The highest BCUT2D eigenvalue weighted by molar-refractivity contribution is 5.50. The number of halogens is 1. The van der Waals surface area contributed by atoms with Gasteiger partial charge in [0.2, 0.25) is 0 Å². The van der Waals surface area contributed by atoms with Crippen LogP contribution in [0.2, 0.25) is 0 Å². The molecule has 1 aliphatic heterocycles. The summed E-state index contributed by atoms with van der Waals surface area (Å²) in [6, 6.07) is 3.61. The normalized spacial score (nSPS) is 14.9. The van der Waals surface area contributed by atoms with Crippen molar-refractivity contribution in [1.29, 1.82) is 0 Å². The maximum absolute atomic E-state index is 13.6. The van der Waals surface area contributed by atoms with Crippen molar-refractivity contribution in [1.82, 2.24) is 0 Å². The summed E-state index contributed by atoms with van der Waals surface area (Å²) in [5.74, 6) is -0.602. The standard InChI is InChI=1S/C13H15FN2O3/c14-12-9-11(16(17)18)1-2-13(12)15-6-3-10-4-7-19-8-5-10/h1-2,4,9,15H,3,5-8H2. The van der Waals surface area contributed by atoms with Crippen molar-refractivity contribution in [2.45, 2.75) is 12.8 Å². The number of nitrogens with one attached hydrogen (secondary N) is 1. The van der Waals surface area contributed by atoms with Crippen LogP contribution in [-0.2, 0) is 4.74 Å². The van der Waals surface area contributed by atoms with Gasteiger partial charge in [-0.3, -0.25) is 10.1 Å². The number of non-ortho nitro benzene ring substituents is 1. The monoisotopic (exact) mass is 266 g/mol. The summed E-state index contributed by atoms with van der Waals surface area (Å²) in [5, 5.41) is 13.4. The minimum absolute atomic E-state index is 0.241. The second-order valence-electron chi connectivity index (χ2n) is 4.29. The molecule has 0 aromatic heterocycles. The number of ether oxygens (including phenoxy) is 1. The van der Waals surface area contributed by atoms with Gasteiger partial charge in [-0.1, -0.05) is 11.6 Å². The van der Waals surface area contributed by atoms with Gasteiger partial charge in [0, 0.05) is 12.6 Å². The number of nitro benzene ring substituents is 1. The van der Waals surface area contributed by atoms with E-state index in [1.807, 2.05) is 6.08 Å². The van der Waals surface area contributed by atoms with Crippen molar-refractivity contribution in [3.8, 4) is 0 Å². The Labute approximate surface area is 110 Å². The highest BCUT2D eigenvalue weighted by atomic mass is 19.1. The van der Waals surface area contributed by atoms with Gasteiger partial charge in [-0.15, -0.1) is 0 Å². The SMILES string of the molecule is O=[N+]([O-])c1ccc(NCCC2=CCOCC2)c(F)c1. The first-order valence-corrected chi connectivity index (χ1v) is 6.10. The smallest absolute Gasteiger partial charge is 0.272 e. The van der Waals surface area contributed by atoms with Crippen molar-refractivity contribution in [2.75, 3.05) is 25.1 Å². The van der Waals surface area contributed by atoms with Gasteiger partial charge in [-0.05, 0) is 18.9 Å². The third kappa shape index (κ3) is 3.75.